The Hall–Kier alpha value is -2.91. The average Bonchev–Trinajstić information content (AvgIpc) is 3.17. The molecule has 3 rings (SSSR count). The van der Waals surface area contributed by atoms with E-state index in [-0.39, 0.29) is 11.3 Å². The fourth-order valence-electron chi connectivity index (χ4n) is 2.84. The first-order valence-electron chi connectivity index (χ1n) is 8.55. The van der Waals surface area contributed by atoms with Crippen molar-refractivity contribution in [2.45, 2.75) is 18.6 Å². The SMILES string of the molecule is O=C(O)CC(NC(=O)c1csc(-c2cccc(Cl)c2)n1)c1ccccc1C(F)(F)F. The molecule has 1 amide bonds. The van der Waals surface area contributed by atoms with Crippen molar-refractivity contribution in [2.24, 2.45) is 0 Å². The van der Waals surface area contributed by atoms with Crippen molar-refractivity contribution in [3.05, 3.63) is 75.8 Å². The standard InChI is InChI=1S/C20H14ClF3N2O3S/c21-12-5-3-4-11(8-12)19-26-16(10-30-19)18(29)25-15(9-17(27)28)13-6-1-2-7-14(13)20(22,23)24/h1-8,10,15H,9H2,(H,25,29)(H,27,28). The van der Waals surface area contributed by atoms with Crippen molar-refractivity contribution in [2.75, 3.05) is 0 Å². The third-order valence-electron chi connectivity index (χ3n) is 4.13. The minimum absolute atomic E-state index is 0.0325. The average molecular weight is 455 g/mol. The molecular weight excluding hydrogens is 441 g/mol. The third kappa shape index (κ3) is 5.17. The minimum atomic E-state index is -4.70. The molecule has 1 heterocycles. The Balaban J connectivity index is 1.88. The number of carbonyl (C=O) groups is 2. The van der Waals surface area contributed by atoms with Crippen molar-refractivity contribution in [3.8, 4) is 10.6 Å². The number of halogens is 4. The van der Waals surface area contributed by atoms with Gasteiger partial charge in [0.05, 0.1) is 18.0 Å². The lowest BCUT2D eigenvalue weighted by Gasteiger charge is -2.21. The number of aromatic nitrogens is 1. The first kappa shape index (κ1) is 21.8. The minimum Gasteiger partial charge on any atom is -0.481 e. The molecule has 2 N–H and O–H groups in total. The quantitative estimate of drug-likeness (QED) is 0.520. The summed E-state index contributed by atoms with van der Waals surface area (Å²) in [5.41, 5.74) is -0.689. The zero-order chi connectivity index (χ0) is 21.9. The van der Waals surface area contributed by atoms with Crippen LogP contribution in [-0.4, -0.2) is 22.0 Å². The Labute approximate surface area is 178 Å². The molecule has 0 spiro atoms. The van der Waals surface area contributed by atoms with Gasteiger partial charge in [0.15, 0.2) is 0 Å². The molecule has 0 aliphatic heterocycles. The summed E-state index contributed by atoms with van der Waals surface area (Å²) in [6.45, 7) is 0. The van der Waals surface area contributed by atoms with Crippen LogP contribution in [0.2, 0.25) is 5.02 Å². The van der Waals surface area contributed by atoms with Gasteiger partial charge in [-0.05, 0) is 23.8 Å². The van der Waals surface area contributed by atoms with Gasteiger partial charge in [0.25, 0.3) is 5.91 Å². The summed E-state index contributed by atoms with van der Waals surface area (Å²) in [5, 5.41) is 13.9. The lowest BCUT2D eigenvalue weighted by Crippen LogP contribution is -2.32. The first-order chi connectivity index (χ1) is 14.1. The molecule has 0 saturated heterocycles. The number of hydrogen-bond acceptors (Lipinski definition) is 4. The highest BCUT2D eigenvalue weighted by Crippen LogP contribution is 2.35. The molecule has 0 bridgehead atoms. The second kappa shape index (κ2) is 8.85. The monoisotopic (exact) mass is 454 g/mol. The number of alkyl halides is 3. The van der Waals surface area contributed by atoms with Gasteiger partial charge in [0.1, 0.15) is 10.7 Å². The summed E-state index contributed by atoms with van der Waals surface area (Å²) in [7, 11) is 0. The van der Waals surface area contributed by atoms with Gasteiger partial charge in [-0.3, -0.25) is 9.59 Å². The van der Waals surface area contributed by atoms with Gasteiger partial charge in [-0.2, -0.15) is 13.2 Å². The van der Waals surface area contributed by atoms with E-state index in [1.54, 1.807) is 24.3 Å². The smallest absolute Gasteiger partial charge is 0.416 e. The van der Waals surface area contributed by atoms with Crippen LogP contribution >= 0.6 is 22.9 Å². The highest BCUT2D eigenvalue weighted by molar-refractivity contribution is 7.13. The fourth-order valence-corrected chi connectivity index (χ4v) is 3.82. The largest absolute Gasteiger partial charge is 0.481 e. The Morgan fingerprint density at radius 2 is 1.90 bits per heavy atom. The van der Waals surface area contributed by atoms with Crippen LogP contribution in [0.15, 0.2) is 53.9 Å². The van der Waals surface area contributed by atoms with Gasteiger partial charge < -0.3 is 10.4 Å². The van der Waals surface area contributed by atoms with Crippen molar-refractivity contribution in [1.82, 2.24) is 10.3 Å². The fraction of sp³-hybridized carbons (Fsp3) is 0.150. The zero-order valence-electron chi connectivity index (χ0n) is 15.1. The third-order valence-corrected chi connectivity index (χ3v) is 5.26. The predicted octanol–water partition coefficient (Wildman–Crippen LogP) is 5.43. The van der Waals surface area contributed by atoms with E-state index in [1.165, 1.54) is 17.5 Å². The molecule has 0 fully saturated rings. The first-order valence-corrected chi connectivity index (χ1v) is 9.81. The number of hydrogen-bond donors (Lipinski definition) is 2. The van der Waals surface area contributed by atoms with E-state index in [0.717, 1.165) is 23.5 Å². The molecule has 156 valence electrons. The number of nitrogens with one attached hydrogen (secondary N) is 1. The van der Waals surface area contributed by atoms with E-state index in [4.69, 9.17) is 16.7 Å². The number of carbonyl (C=O) groups excluding carboxylic acids is 1. The van der Waals surface area contributed by atoms with Gasteiger partial charge in [-0.25, -0.2) is 4.98 Å². The second-order valence-electron chi connectivity index (χ2n) is 6.26. The number of amides is 1. The van der Waals surface area contributed by atoms with E-state index in [0.29, 0.717) is 15.6 Å². The second-order valence-corrected chi connectivity index (χ2v) is 7.55. The Morgan fingerprint density at radius 3 is 2.57 bits per heavy atom. The van der Waals surface area contributed by atoms with Crippen molar-refractivity contribution >= 4 is 34.8 Å². The number of benzene rings is 2. The molecular formula is C20H14ClF3N2O3S. The molecule has 1 unspecified atom stereocenters. The lowest BCUT2D eigenvalue weighted by molar-refractivity contribution is -0.140. The highest BCUT2D eigenvalue weighted by atomic mass is 35.5. The molecule has 10 heteroatoms. The summed E-state index contributed by atoms with van der Waals surface area (Å²) in [6.07, 6.45) is -5.41. The molecule has 1 atom stereocenters. The van der Waals surface area contributed by atoms with E-state index in [9.17, 15) is 22.8 Å². The normalized spacial score (nSPS) is 12.4. The number of carboxylic acid groups (broad SMARTS) is 1. The van der Waals surface area contributed by atoms with E-state index in [1.807, 2.05) is 0 Å². The summed E-state index contributed by atoms with van der Waals surface area (Å²) in [4.78, 5) is 28.0. The lowest BCUT2D eigenvalue weighted by atomic mass is 9.97. The highest BCUT2D eigenvalue weighted by Gasteiger charge is 2.36. The van der Waals surface area contributed by atoms with Gasteiger partial charge in [0.2, 0.25) is 0 Å². The van der Waals surface area contributed by atoms with Crippen molar-refractivity contribution in [3.63, 3.8) is 0 Å². The Kier molecular flexibility index (Phi) is 6.42. The maximum Gasteiger partial charge on any atom is 0.416 e. The maximum absolute atomic E-state index is 13.3. The van der Waals surface area contributed by atoms with Crippen LogP contribution in [-0.2, 0) is 11.0 Å². The number of thiazole rings is 1. The summed E-state index contributed by atoms with van der Waals surface area (Å²) < 4.78 is 40.0. The number of aliphatic carboxylic acids is 1. The molecule has 2 aromatic carbocycles. The summed E-state index contributed by atoms with van der Waals surface area (Å²) >= 11 is 7.11. The molecule has 3 aromatic rings. The maximum atomic E-state index is 13.3. The Bertz CT molecular complexity index is 1080. The van der Waals surface area contributed by atoms with Crippen molar-refractivity contribution < 1.29 is 27.9 Å². The van der Waals surface area contributed by atoms with Crippen LogP contribution in [0.4, 0.5) is 13.2 Å². The Morgan fingerprint density at radius 1 is 1.17 bits per heavy atom. The topological polar surface area (TPSA) is 79.3 Å². The summed E-state index contributed by atoms with van der Waals surface area (Å²) in [5.74, 6) is -2.13. The molecule has 0 aliphatic rings. The molecule has 0 aliphatic carbocycles. The molecule has 30 heavy (non-hydrogen) atoms. The number of rotatable bonds is 6. The van der Waals surface area contributed by atoms with Gasteiger partial charge in [0, 0.05) is 16.0 Å². The number of nitrogens with zero attached hydrogens (tertiary/aromatic N) is 1. The number of carboxylic acids is 1. The van der Waals surface area contributed by atoms with Crippen LogP contribution in [0.3, 0.4) is 0 Å². The van der Waals surface area contributed by atoms with E-state index in [2.05, 4.69) is 10.3 Å². The van der Waals surface area contributed by atoms with Crippen molar-refractivity contribution in [1.29, 1.82) is 0 Å². The van der Waals surface area contributed by atoms with E-state index < -0.39 is 36.1 Å². The molecule has 1 aromatic heterocycles. The van der Waals surface area contributed by atoms with Crippen LogP contribution in [0.25, 0.3) is 10.6 Å². The van der Waals surface area contributed by atoms with Crippen LogP contribution in [0.5, 0.6) is 0 Å². The van der Waals surface area contributed by atoms with Gasteiger partial charge >= 0.3 is 12.1 Å². The van der Waals surface area contributed by atoms with Gasteiger partial charge in [-0.1, -0.05) is 41.9 Å². The van der Waals surface area contributed by atoms with Gasteiger partial charge in [-0.15, -0.1) is 11.3 Å². The van der Waals surface area contributed by atoms with Crippen LogP contribution in [0.1, 0.15) is 34.1 Å². The predicted molar refractivity (Wildman–Crippen MR) is 106 cm³/mol. The molecule has 5 nitrogen and oxygen atoms in total. The molecule has 0 saturated carbocycles. The van der Waals surface area contributed by atoms with Crippen LogP contribution < -0.4 is 5.32 Å². The summed E-state index contributed by atoms with van der Waals surface area (Å²) in [6, 6.07) is 9.97. The van der Waals surface area contributed by atoms with E-state index >= 15 is 0 Å². The molecule has 0 radical (unpaired) electrons. The van der Waals surface area contributed by atoms with Crippen LogP contribution in [0, 0.1) is 0 Å². The zero-order valence-corrected chi connectivity index (χ0v) is 16.7.